The average Bonchev–Trinajstić information content (AvgIpc) is 3.14. The Kier molecular flexibility index (Phi) is 5.65. The lowest BCUT2D eigenvalue weighted by Crippen LogP contribution is -2.31. The fourth-order valence-corrected chi connectivity index (χ4v) is 2.38. The molecule has 27 heavy (non-hydrogen) atoms. The number of nitrogens with one attached hydrogen (secondary N) is 1. The molecule has 1 aliphatic rings. The first-order valence-electron chi connectivity index (χ1n) is 8.22. The maximum atomic E-state index is 12.2. The second-order valence-corrected chi connectivity index (χ2v) is 5.63. The van der Waals surface area contributed by atoms with Crippen LogP contribution in [0.5, 0.6) is 23.0 Å². The summed E-state index contributed by atoms with van der Waals surface area (Å²) >= 11 is 0. The number of methoxy groups -OCH3 is 1. The van der Waals surface area contributed by atoms with E-state index >= 15 is 0 Å². The molecule has 1 N–H and O–H groups in total. The van der Waals surface area contributed by atoms with E-state index in [2.05, 4.69) is 5.32 Å². The molecule has 8 heteroatoms. The summed E-state index contributed by atoms with van der Waals surface area (Å²) in [6.07, 6.45) is -0.996. The van der Waals surface area contributed by atoms with Crippen LogP contribution in [0, 0.1) is 0 Å². The van der Waals surface area contributed by atoms with Crippen LogP contribution in [-0.2, 0) is 14.3 Å². The first kappa shape index (κ1) is 18.4. The number of carbonyl (C=O) groups is 2. The van der Waals surface area contributed by atoms with Gasteiger partial charge in [-0.3, -0.25) is 4.79 Å². The van der Waals surface area contributed by atoms with Crippen molar-refractivity contribution in [3.05, 3.63) is 42.5 Å². The number of ether oxygens (including phenoxy) is 5. The van der Waals surface area contributed by atoms with Crippen molar-refractivity contribution in [3.63, 3.8) is 0 Å². The van der Waals surface area contributed by atoms with Gasteiger partial charge in [-0.1, -0.05) is 12.1 Å². The molecule has 0 radical (unpaired) electrons. The molecule has 142 valence electrons. The van der Waals surface area contributed by atoms with E-state index in [4.69, 9.17) is 23.7 Å². The highest BCUT2D eigenvalue weighted by atomic mass is 16.7. The molecule has 8 nitrogen and oxygen atoms in total. The topological polar surface area (TPSA) is 92.3 Å². The normalized spacial score (nSPS) is 12.8. The maximum absolute atomic E-state index is 12.2. The van der Waals surface area contributed by atoms with E-state index in [0.717, 1.165) is 0 Å². The number of anilines is 1. The van der Waals surface area contributed by atoms with E-state index in [-0.39, 0.29) is 13.4 Å². The quantitative estimate of drug-likeness (QED) is 0.745. The molecule has 0 bridgehead atoms. The molecule has 1 atom stereocenters. The Labute approximate surface area is 155 Å². The highest BCUT2D eigenvalue weighted by Crippen LogP contribution is 2.34. The number of benzene rings is 2. The Morgan fingerprint density at radius 3 is 2.63 bits per heavy atom. The summed E-state index contributed by atoms with van der Waals surface area (Å²) in [6.45, 7) is 1.28. The molecule has 0 unspecified atom stereocenters. The van der Waals surface area contributed by atoms with Gasteiger partial charge in [0, 0.05) is 11.8 Å². The summed E-state index contributed by atoms with van der Waals surface area (Å²) in [5.74, 6) is 0.922. The third kappa shape index (κ3) is 4.60. The fraction of sp³-hybridized carbons (Fsp3) is 0.263. The average molecular weight is 373 g/mol. The van der Waals surface area contributed by atoms with Crippen LogP contribution in [0.1, 0.15) is 6.92 Å². The predicted molar refractivity (Wildman–Crippen MR) is 95.2 cm³/mol. The van der Waals surface area contributed by atoms with Crippen LogP contribution in [0.2, 0.25) is 0 Å². The molecule has 1 heterocycles. The van der Waals surface area contributed by atoms with Gasteiger partial charge in [0.15, 0.2) is 35.7 Å². The molecule has 1 aliphatic heterocycles. The monoisotopic (exact) mass is 373 g/mol. The first-order valence-corrected chi connectivity index (χ1v) is 8.22. The number of rotatable bonds is 7. The van der Waals surface area contributed by atoms with Crippen molar-refractivity contribution in [1.29, 1.82) is 0 Å². The summed E-state index contributed by atoms with van der Waals surface area (Å²) in [5.41, 5.74) is 0.512. The molecule has 0 saturated heterocycles. The van der Waals surface area contributed by atoms with Crippen LogP contribution in [0.25, 0.3) is 0 Å². The van der Waals surface area contributed by atoms with Gasteiger partial charge in [0.2, 0.25) is 6.79 Å². The third-order valence-electron chi connectivity index (χ3n) is 3.73. The molecule has 0 spiro atoms. The minimum atomic E-state index is -0.996. The molecule has 0 aliphatic carbocycles. The summed E-state index contributed by atoms with van der Waals surface area (Å²) in [6, 6.07) is 11.9. The van der Waals surface area contributed by atoms with Crippen LogP contribution >= 0.6 is 0 Å². The first-order chi connectivity index (χ1) is 13.1. The fourth-order valence-electron chi connectivity index (χ4n) is 2.38. The summed E-state index contributed by atoms with van der Waals surface area (Å²) in [5, 5.41) is 2.66. The molecule has 0 saturated carbocycles. The van der Waals surface area contributed by atoms with E-state index in [1.165, 1.54) is 14.0 Å². The Hall–Kier alpha value is -3.42. The van der Waals surface area contributed by atoms with Crippen molar-refractivity contribution >= 4 is 17.6 Å². The van der Waals surface area contributed by atoms with Gasteiger partial charge in [-0.05, 0) is 31.2 Å². The number of hydrogen-bond acceptors (Lipinski definition) is 7. The zero-order chi connectivity index (χ0) is 19.2. The van der Waals surface area contributed by atoms with Gasteiger partial charge in [-0.25, -0.2) is 4.79 Å². The summed E-state index contributed by atoms with van der Waals surface area (Å²) in [4.78, 5) is 24.1. The minimum Gasteiger partial charge on any atom is -0.493 e. The standard InChI is InChI=1S/C19H19NO7/c1-12(19(22)20-13-7-8-16-17(9-13)26-11-25-16)27-18(21)10-24-15-6-4-3-5-14(15)23-2/h3-9,12H,10-11H2,1-2H3,(H,20,22)/t12-/m1/s1. The van der Waals surface area contributed by atoms with Crippen LogP contribution < -0.4 is 24.3 Å². The van der Waals surface area contributed by atoms with Gasteiger partial charge in [0.25, 0.3) is 5.91 Å². The number of carbonyl (C=O) groups excluding carboxylic acids is 2. The van der Waals surface area contributed by atoms with Crippen LogP contribution in [-0.4, -0.2) is 38.5 Å². The SMILES string of the molecule is COc1ccccc1OCC(=O)O[C@H](C)C(=O)Nc1ccc2c(c1)OCO2. The smallest absolute Gasteiger partial charge is 0.344 e. The lowest BCUT2D eigenvalue weighted by Gasteiger charge is -2.14. The molecule has 1 amide bonds. The highest BCUT2D eigenvalue weighted by Gasteiger charge is 2.20. The van der Waals surface area contributed by atoms with Gasteiger partial charge in [-0.15, -0.1) is 0 Å². The lowest BCUT2D eigenvalue weighted by molar-refractivity contribution is -0.155. The number of amides is 1. The molecular formula is C19H19NO7. The van der Waals surface area contributed by atoms with Gasteiger partial charge < -0.3 is 29.0 Å². The lowest BCUT2D eigenvalue weighted by atomic mass is 10.2. The second-order valence-electron chi connectivity index (χ2n) is 5.63. The minimum absolute atomic E-state index is 0.146. The van der Waals surface area contributed by atoms with Crippen molar-refractivity contribution in [2.75, 3.05) is 25.8 Å². The zero-order valence-electron chi connectivity index (χ0n) is 14.9. The number of hydrogen-bond donors (Lipinski definition) is 1. The van der Waals surface area contributed by atoms with Crippen molar-refractivity contribution in [1.82, 2.24) is 0 Å². The van der Waals surface area contributed by atoms with Crippen molar-refractivity contribution in [2.45, 2.75) is 13.0 Å². The van der Waals surface area contributed by atoms with Crippen molar-refractivity contribution < 1.29 is 33.3 Å². The molecule has 0 fully saturated rings. The maximum Gasteiger partial charge on any atom is 0.344 e. The molecule has 0 aromatic heterocycles. The van der Waals surface area contributed by atoms with Gasteiger partial charge >= 0.3 is 5.97 Å². The van der Waals surface area contributed by atoms with Gasteiger partial charge in [0.05, 0.1) is 7.11 Å². The zero-order valence-corrected chi connectivity index (χ0v) is 14.9. The Morgan fingerprint density at radius 2 is 1.85 bits per heavy atom. The Morgan fingerprint density at radius 1 is 1.11 bits per heavy atom. The number of para-hydroxylation sites is 2. The number of esters is 1. The van der Waals surface area contributed by atoms with E-state index in [1.807, 2.05) is 0 Å². The molecular weight excluding hydrogens is 354 g/mol. The van der Waals surface area contributed by atoms with Crippen molar-refractivity contribution in [3.8, 4) is 23.0 Å². The van der Waals surface area contributed by atoms with Gasteiger partial charge in [0.1, 0.15) is 0 Å². The largest absolute Gasteiger partial charge is 0.493 e. The van der Waals surface area contributed by atoms with Gasteiger partial charge in [-0.2, -0.15) is 0 Å². The molecule has 3 rings (SSSR count). The summed E-state index contributed by atoms with van der Waals surface area (Å²) in [7, 11) is 1.50. The molecule has 2 aromatic rings. The van der Waals surface area contributed by atoms with Crippen LogP contribution in [0.4, 0.5) is 5.69 Å². The van der Waals surface area contributed by atoms with E-state index in [9.17, 15) is 9.59 Å². The summed E-state index contributed by atoms with van der Waals surface area (Å²) < 4.78 is 26.1. The Balaban J connectivity index is 1.49. The van der Waals surface area contributed by atoms with E-state index in [0.29, 0.717) is 28.7 Å². The number of fused-ring (bicyclic) bond motifs is 1. The van der Waals surface area contributed by atoms with Crippen LogP contribution in [0.3, 0.4) is 0 Å². The Bertz CT molecular complexity index is 837. The second kappa shape index (κ2) is 8.31. The van der Waals surface area contributed by atoms with E-state index in [1.54, 1.807) is 42.5 Å². The molecule has 2 aromatic carbocycles. The van der Waals surface area contributed by atoms with E-state index < -0.39 is 18.0 Å². The van der Waals surface area contributed by atoms with Crippen molar-refractivity contribution in [2.24, 2.45) is 0 Å². The third-order valence-corrected chi connectivity index (χ3v) is 3.73. The highest BCUT2D eigenvalue weighted by molar-refractivity contribution is 5.95. The predicted octanol–water partition coefficient (Wildman–Crippen LogP) is 2.37. The van der Waals surface area contributed by atoms with Crippen LogP contribution in [0.15, 0.2) is 42.5 Å².